The van der Waals surface area contributed by atoms with E-state index in [4.69, 9.17) is 16.3 Å². The molecule has 0 saturated heterocycles. The van der Waals surface area contributed by atoms with Gasteiger partial charge in [-0.3, -0.25) is 4.79 Å². The van der Waals surface area contributed by atoms with E-state index in [9.17, 15) is 4.79 Å². The fraction of sp³-hybridized carbons (Fsp3) is 0.316. The predicted molar refractivity (Wildman–Crippen MR) is 94.0 cm³/mol. The Bertz CT molecular complexity index is 668. The molecule has 0 radical (unpaired) electrons. The van der Waals surface area contributed by atoms with Crippen molar-refractivity contribution in [3.63, 3.8) is 0 Å². The van der Waals surface area contributed by atoms with E-state index in [2.05, 4.69) is 44.3 Å². The number of hydrogen-bond donors (Lipinski definition) is 1. The summed E-state index contributed by atoms with van der Waals surface area (Å²) in [4.78, 5) is 12.1. The second-order valence-corrected chi connectivity index (χ2v) is 6.07. The minimum Gasteiger partial charge on any atom is -0.484 e. The van der Waals surface area contributed by atoms with E-state index in [1.165, 1.54) is 11.1 Å². The van der Waals surface area contributed by atoms with Crippen LogP contribution in [-0.2, 0) is 4.79 Å². The third kappa shape index (κ3) is 5.00. The Kier molecular flexibility index (Phi) is 6.05. The molecule has 23 heavy (non-hydrogen) atoms. The van der Waals surface area contributed by atoms with Crippen molar-refractivity contribution >= 4 is 17.5 Å². The number of amides is 1. The summed E-state index contributed by atoms with van der Waals surface area (Å²) in [5.41, 5.74) is 3.56. The number of hydrogen-bond acceptors (Lipinski definition) is 2. The first-order chi connectivity index (χ1) is 11.0. The Morgan fingerprint density at radius 2 is 1.87 bits per heavy atom. The van der Waals surface area contributed by atoms with E-state index < -0.39 is 0 Å². The molecule has 2 rings (SSSR count). The van der Waals surface area contributed by atoms with Crippen LogP contribution < -0.4 is 10.1 Å². The third-order valence-electron chi connectivity index (χ3n) is 3.73. The van der Waals surface area contributed by atoms with Gasteiger partial charge in [0, 0.05) is 5.02 Å². The fourth-order valence-electron chi connectivity index (χ4n) is 2.53. The van der Waals surface area contributed by atoms with Crippen molar-refractivity contribution < 1.29 is 9.53 Å². The molecule has 1 amide bonds. The number of halogens is 1. The number of nitrogens with one attached hydrogen (secondary N) is 1. The molecular formula is C19H22ClNO2. The third-order valence-corrected chi connectivity index (χ3v) is 3.98. The van der Waals surface area contributed by atoms with Crippen molar-refractivity contribution in [2.45, 2.75) is 33.2 Å². The highest BCUT2D eigenvalue weighted by molar-refractivity contribution is 6.30. The van der Waals surface area contributed by atoms with E-state index in [-0.39, 0.29) is 18.6 Å². The van der Waals surface area contributed by atoms with Gasteiger partial charge in [0.1, 0.15) is 5.75 Å². The van der Waals surface area contributed by atoms with Gasteiger partial charge >= 0.3 is 0 Å². The van der Waals surface area contributed by atoms with Crippen LogP contribution in [0.2, 0.25) is 5.02 Å². The van der Waals surface area contributed by atoms with Gasteiger partial charge in [0.2, 0.25) is 0 Å². The summed E-state index contributed by atoms with van der Waals surface area (Å²) in [6, 6.07) is 13.2. The van der Waals surface area contributed by atoms with E-state index >= 15 is 0 Å². The van der Waals surface area contributed by atoms with Gasteiger partial charge in [-0.25, -0.2) is 0 Å². The predicted octanol–water partition coefficient (Wildman–Crippen LogP) is 4.60. The van der Waals surface area contributed by atoms with Gasteiger partial charge in [0.05, 0.1) is 6.04 Å². The molecule has 0 aromatic heterocycles. The zero-order valence-corrected chi connectivity index (χ0v) is 14.5. The Morgan fingerprint density at radius 1 is 1.17 bits per heavy atom. The summed E-state index contributed by atoms with van der Waals surface area (Å²) in [5, 5.41) is 3.68. The molecule has 0 bridgehead atoms. The maximum absolute atomic E-state index is 12.1. The second-order valence-electron chi connectivity index (χ2n) is 5.63. The highest BCUT2D eigenvalue weighted by atomic mass is 35.5. The van der Waals surface area contributed by atoms with Crippen LogP contribution in [0.1, 0.15) is 36.1 Å². The molecule has 0 saturated carbocycles. The van der Waals surface area contributed by atoms with Crippen LogP contribution >= 0.6 is 11.6 Å². The minimum atomic E-state index is -0.133. The van der Waals surface area contributed by atoms with Crippen LogP contribution in [-0.4, -0.2) is 12.5 Å². The molecule has 0 aliphatic heterocycles. The number of carbonyl (C=O) groups is 1. The van der Waals surface area contributed by atoms with Crippen LogP contribution in [0.4, 0.5) is 0 Å². The second kappa shape index (κ2) is 8.02. The summed E-state index contributed by atoms with van der Waals surface area (Å²) in [6.07, 6.45) is 0.830. The smallest absolute Gasteiger partial charge is 0.258 e. The zero-order valence-electron chi connectivity index (χ0n) is 13.7. The van der Waals surface area contributed by atoms with E-state index in [1.807, 2.05) is 0 Å². The van der Waals surface area contributed by atoms with Crippen molar-refractivity contribution in [2.24, 2.45) is 0 Å². The maximum Gasteiger partial charge on any atom is 0.258 e. The van der Waals surface area contributed by atoms with E-state index in [0.717, 1.165) is 12.0 Å². The minimum absolute atomic E-state index is 0.00285. The van der Waals surface area contributed by atoms with Crippen molar-refractivity contribution in [3.8, 4) is 5.75 Å². The molecule has 122 valence electrons. The molecule has 3 nitrogen and oxygen atoms in total. The number of carbonyl (C=O) groups excluding carboxylic acids is 1. The van der Waals surface area contributed by atoms with Gasteiger partial charge in [-0.15, -0.1) is 0 Å². The molecule has 2 aromatic carbocycles. The van der Waals surface area contributed by atoms with Gasteiger partial charge in [-0.05, 0) is 55.7 Å². The number of rotatable bonds is 6. The summed E-state index contributed by atoms with van der Waals surface area (Å²) >= 11 is 5.82. The summed E-state index contributed by atoms with van der Waals surface area (Å²) in [6.45, 7) is 6.19. The van der Waals surface area contributed by atoms with Crippen molar-refractivity contribution in [1.29, 1.82) is 0 Å². The quantitative estimate of drug-likeness (QED) is 0.839. The Balaban J connectivity index is 1.95. The Hall–Kier alpha value is -2.00. The number of benzene rings is 2. The first kappa shape index (κ1) is 17.4. The van der Waals surface area contributed by atoms with E-state index in [1.54, 1.807) is 24.3 Å². The zero-order chi connectivity index (χ0) is 16.8. The van der Waals surface area contributed by atoms with Gasteiger partial charge in [-0.2, -0.15) is 0 Å². The van der Waals surface area contributed by atoms with Crippen molar-refractivity contribution in [3.05, 3.63) is 64.2 Å². The lowest BCUT2D eigenvalue weighted by Gasteiger charge is -2.20. The topological polar surface area (TPSA) is 38.3 Å². The van der Waals surface area contributed by atoms with Crippen LogP contribution in [0.25, 0.3) is 0 Å². The normalized spacial score (nSPS) is 11.8. The molecule has 0 spiro atoms. The standard InChI is InChI=1S/C19H22ClNO2/c1-4-18(17-10-5-13(2)11-14(17)3)21-19(22)12-23-16-8-6-15(20)7-9-16/h5-11,18H,4,12H2,1-3H3,(H,21,22)/t18-/m1/s1. The van der Waals surface area contributed by atoms with Gasteiger partial charge in [-0.1, -0.05) is 42.3 Å². The first-order valence-corrected chi connectivity index (χ1v) is 8.12. The van der Waals surface area contributed by atoms with Crippen LogP contribution in [0, 0.1) is 13.8 Å². The summed E-state index contributed by atoms with van der Waals surface area (Å²) in [5.74, 6) is 0.496. The molecule has 2 aromatic rings. The van der Waals surface area contributed by atoms with E-state index in [0.29, 0.717) is 10.8 Å². The van der Waals surface area contributed by atoms with Crippen molar-refractivity contribution in [1.82, 2.24) is 5.32 Å². The molecule has 0 aliphatic carbocycles. The van der Waals surface area contributed by atoms with Gasteiger partial charge < -0.3 is 10.1 Å². The Morgan fingerprint density at radius 3 is 2.48 bits per heavy atom. The molecule has 0 heterocycles. The summed E-state index contributed by atoms with van der Waals surface area (Å²) < 4.78 is 5.48. The highest BCUT2D eigenvalue weighted by Crippen LogP contribution is 2.22. The molecule has 1 atom stereocenters. The monoisotopic (exact) mass is 331 g/mol. The summed E-state index contributed by atoms with van der Waals surface area (Å²) in [7, 11) is 0. The molecule has 1 N–H and O–H groups in total. The molecular weight excluding hydrogens is 310 g/mol. The largest absolute Gasteiger partial charge is 0.484 e. The maximum atomic E-state index is 12.1. The van der Waals surface area contributed by atoms with Crippen LogP contribution in [0.15, 0.2) is 42.5 Å². The average Bonchev–Trinajstić information content (AvgIpc) is 2.52. The number of ether oxygens (including phenoxy) is 1. The lowest BCUT2D eigenvalue weighted by Crippen LogP contribution is -2.32. The molecule has 0 aliphatic rings. The fourth-order valence-corrected chi connectivity index (χ4v) is 2.66. The lowest BCUT2D eigenvalue weighted by atomic mass is 9.97. The average molecular weight is 332 g/mol. The lowest BCUT2D eigenvalue weighted by molar-refractivity contribution is -0.123. The molecule has 0 unspecified atom stereocenters. The van der Waals surface area contributed by atoms with Gasteiger partial charge in [0.15, 0.2) is 6.61 Å². The van der Waals surface area contributed by atoms with Crippen molar-refractivity contribution in [2.75, 3.05) is 6.61 Å². The number of aryl methyl sites for hydroxylation is 2. The SMILES string of the molecule is CC[C@@H](NC(=O)COc1ccc(Cl)cc1)c1ccc(C)cc1C. The van der Waals surface area contributed by atoms with Gasteiger partial charge in [0.25, 0.3) is 5.91 Å². The Labute approximate surface area is 142 Å². The molecule has 4 heteroatoms. The van der Waals surface area contributed by atoms with Crippen LogP contribution in [0.3, 0.4) is 0 Å². The highest BCUT2D eigenvalue weighted by Gasteiger charge is 2.15. The van der Waals surface area contributed by atoms with Crippen LogP contribution in [0.5, 0.6) is 5.75 Å². The first-order valence-electron chi connectivity index (χ1n) is 7.74. The molecule has 0 fully saturated rings.